The molecule has 0 N–H and O–H groups in total. The lowest BCUT2D eigenvalue weighted by Crippen LogP contribution is -1.97. The molecule has 0 bridgehead atoms. The van der Waals surface area contributed by atoms with E-state index < -0.39 is 0 Å². The quantitative estimate of drug-likeness (QED) is 0.606. The van der Waals surface area contributed by atoms with Gasteiger partial charge >= 0.3 is 0 Å². The second-order valence-corrected chi connectivity index (χ2v) is 3.80. The van der Waals surface area contributed by atoms with Crippen molar-refractivity contribution in [3.8, 4) is 0 Å². The third-order valence-electron chi connectivity index (χ3n) is 2.87. The topological polar surface area (TPSA) is 0 Å². The molecular weight excluding hydrogens is 168 g/mol. The van der Waals surface area contributed by atoms with Gasteiger partial charge in [-0.3, -0.25) is 0 Å². The van der Waals surface area contributed by atoms with E-state index in [2.05, 4.69) is 37.0 Å². The van der Waals surface area contributed by atoms with Gasteiger partial charge in [-0.25, -0.2) is 0 Å². The smallest absolute Gasteiger partial charge is 0.0236 e. The third-order valence-corrected chi connectivity index (χ3v) is 2.87. The van der Waals surface area contributed by atoms with Crippen LogP contribution >= 0.6 is 0 Å². The molecule has 14 heavy (non-hydrogen) atoms. The van der Waals surface area contributed by atoms with Crippen molar-refractivity contribution in [1.29, 1.82) is 0 Å². The summed E-state index contributed by atoms with van der Waals surface area (Å²) >= 11 is 0. The van der Waals surface area contributed by atoms with E-state index in [9.17, 15) is 0 Å². The van der Waals surface area contributed by atoms with E-state index in [1.165, 1.54) is 36.0 Å². The SMILES string of the molecule is C=CC1=CC=C(C2=CC=CCC2)CC1. The molecule has 0 nitrogen and oxygen atoms in total. The minimum absolute atomic E-state index is 1.15. The number of hydrogen-bond donors (Lipinski definition) is 0. The second kappa shape index (κ2) is 4.28. The summed E-state index contributed by atoms with van der Waals surface area (Å²) in [5.41, 5.74) is 4.40. The summed E-state index contributed by atoms with van der Waals surface area (Å²) in [7, 11) is 0. The standard InChI is InChI=1S/C14H16/c1-2-12-8-10-14(11-9-12)13-6-4-3-5-7-13/h2-4,6,8,10H,1,5,7,9,11H2. The number of hydrogen-bond acceptors (Lipinski definition) is 0. The Bertz CT molecular complexity index is 348. The van der Waals surface area contributed by atoms with Gasteiger partial charge in [0.25, 0.3) is 0 Å². The molecule has 0 unspecified atom stereocenters. The van der Waals surface area contributed by atoms with E-state index >= 15 is 0 Å². The van der Waals surface area contributed by atoms with Crippen molar-refractivity contribution in [1.82, 2.24) is 0 Å². The Kier molecular flexibility index (Phi) is 2.83. The van der Waals surface area contributed by atoms with Gasteiger partial charge in [0.2, 0.25) is 0 Å². The Balaban J connectivity index is 2.16. The van der Waals surface area contributed by atoms with E-state index in [0.717, 1.165) is 6.42 Å². The maximum Gasteiger partial charge on any atom is -0.0236 e. The monoisotopic (exact) mass is 184 g/mol. The average molecular weight is 184 g/mol. The molecule has 2 aliphatic rings. The lowest BCUT2D eigenvalue weighted by Gasteiger charge is -2.16. The van der Waals surface area contributed by atoms with Crippen LogP contribution in [-0.2, 0) is 0 Å². The Morgan fingerprint density at radius 3 is 2.43 bits per heavy atom. The molecule has 2 aliphatic carbocycles. The van der Waals surface area contributed by atoms with Gasteiger partial charge in [0.15, 0.2) is 0 Å². The first-order valence-corrected chi connectivity index (χ1v) is 5.28. The number of rotatable bonds is 2. The highest BCUT2D eigenvalue weighted by Gasteiger charge is 2.09. The Morgan fingerprint density at radius 1 is 1.00 bits per heavy atom. The molecule has 0 aromatic carbocycles. The summed E-state index contributed by atoms with van der Waals surface area (Å²) in [4.78, 5) is 0. The average Bonchev–Trinajstić information content (AvgIpc) is 2.30. The highest BCUT2D eigenvalue weighted by Crippen LogP contribution is 2.28. The second-order valence-electron chi connectivity index (χ2n) is 3.80. The first-order valence-electron chi connectivity index (χ1n) is 5.28. The zero-order chi connectivity index (χ0) is 9.80. The van der Waals surface area contributed by atoms with Crippen molar-refractivity contribution >= 4 is 0 Å². The summed E-state index contributed by atoms with van der Waals surface area (Å²) in [5, 5.41) is 0. The zero-order valence-electron chi connectivity index (χ0n) is 8.50. The van der Waals surface area contributed by atoms with Crippen LogP contribution in [0.25, 0.3) is 0 Å². The van der Waals surface area contributed by atoms with E-state index in [1.54, 1.807) is 0 Å². The molecule has 0 heterocycles. The van der Waals surface area contributed by atoms with Crippen molar-refractivity contribution in [3.05, 3.63) is 59.8 Å². The molecule has 0 fully saturated rings. The molecule has 0 aromatic rings. The van der Waals surface area contributed by atoms with Gasteiger partial charge in [0.1, 0.15) is 0 Å². The van der Waals surface area contributed by atoms with Crippen LogP contribution in [0.1, 0.15) is 25.7 Å². The van der Waals surface area contributed by atoms with Crippen molar-refractivity contribution in [2.75, 3.05) is 0 Å². The van der Waals surface area contributed by atoms with Crippen LogP contribution in [0.15, 0.2) is 59.8 Å². The van der Waals surface area contributed by atoms with Gasteiger partial charge < -0.3 is 0 Å². The fourth-order valence-electron chi connectivity index (χ4n) is 1.96. The van der Waals surface area contributed by atoms with Crippen LogP contribution < -0.4 is 0 Å². The normalized spacial score (nSPS) is 21.0. The third kappa shape index (κ3) is 1.95. The molecule has 0 radical (unpaired) electrons. The van der Waals surface area contributed by atoms with Crippen LogP contribution in [0.3, 0.4) is 0 Å². The lowest BCUT2D eigenvalue weighted by molar-refractivity contribution is 0.882. The predicted molar refractivity (Wildman–Crippen MR) is 62.1 cm³/mol. The first kappa shape index (κ1) is 9.26. The summed E-state index contributed by atoms with van der Waals surface area (Å²) in [6.07, 6.45) is 17.8. The Morgan fingerprint density at radius 2 is 1.86 bits per heavy atom. The molecule has 0 saturated carbocycles. The summed E-state index contributed by atoms with van der Waals surface area (Å²) in [5.74, 6) is 0. The van der Waals surface area contributed by atoms with Crippen molar-refractivity contribution in [2.24, 2.45) is 0 Å². The molecule has 0 aliphatic heterocycles. The number of allylic oxidation sites excluding steroid dienone is 9. The van der Waals surface area contributed by atoms with Gasteiger partial charge in [-0.2, -0.15) is 0 Å². The van der Waals surface area contributed by atoms with E-state index in [1.807, 2.05) is 6.08 Å². The van der Waals surface area contributed by atoms with Crippen LogP contribution in [0.4, 0.5) is 0 Å². The summed E-state index contributed by atoms with van der Waals surface area (Å²) in [6, 6.07) is 0. The molecule has 0 aromatic heterocycles. The van der Waals surface area contributed by atoms with Crippen LogP contribution in [-0.4, -0.2) is 0 Å². The van der Waals surface area contributed by atoms with Crippen LogP contribution in [0.2, 0.25) is 0 Å². The largest absolute Gasteiger partial charge is 0.0988 e. The zero-order valence-corrected chi connectivity index (χ0v) is 8.50. The Labute approximate surface area is 86.0 Å². The molecule has 72 valence electrons. The van der Waals surface area contributed by atoms with Crippen LogP contribution in [0, 0.1) is 0 Å². The Hall–Kier alpha value is -1.30. The fourth-order valence-corrected chi connectivity index (χ4v) is 1.96. The van der Waals surface area contributed by atoms with Gasteiger partial charge in [-0.15, -0.1) is 0 Å². The highest BCUT2D eigenvalue weighted by atomic mass is 14.1. The summed E-state index contributed by atoms with van der Waals surface area (Å²) in [6.45, 7) is 3.80. The van der Waals surface area contributed by atoms with Crippen molar-refractivity contribution in [2.45, 2.75) is 25.7 Å². The van der Waals surface area contributed by atoms with Gasteiger partial charge in [0, 0.05) is 0 Å². The van der Waals surface area contributed by atoms with E-state index in [0.29, 0.717) is 0 Å². The highest BCUT2D eigenvalue weighted by molar-refractivity contribution is 5.42. The first-order chi connectivity index (χ1) is 6.90. The molecule has 0 amide bonds. The molecular formula is C14H16. The minimum atomic E-state index is 1.15. The lowest BCUT2D eigenvalue weighted by atomic mass is 9.89. The molecule has 0 atom stereocenters. The van der Waals surface area contributed by atoms with Crippen LogP contribution in [0.5, 0.6) is 0 Å². The molecule has 0 heteroatoms. The molecule has 0 spiro atoms. The molecule has 2 rings (SSSR count). The predicted octanol–water partition coefficient (Wildman–Crippen LogP) is 4.10. The van der Waals surface area contributed by atoms with E-state index in [-0.39, 0.29) is 0 Å². The van der Waals surface area contributed by atoms with Gasteiger partial charge in [-0.1, -0.05) is 43.0 Å². The van der Waals surface area contributed by atoms with E-state index in [4.69, 9.17) is 0 Å². The van der Waals surface area contributed by atoms with Gasteiger partial charge in [-0.05, 0) is 42.4 Å². The maximum absolute atomic E-state index is 3.80. The minimum Gasteiger partial charge on any atom is -0.0988 e. The van der Waals surface area contributed by atoms with Gasteiger partial charge in [0.05, 0.1) is 0 Å². The maximum atomic E-state index is 3.80. The summed E-state index contributed by atoms with van der Waals surface area (Å²) < 4.78 is 0. The van der Waals surface area contributed by atoms with Crippen molar-refractivity contribution in [3.63, 3.8) is 0 Å². The fraction of sp³-hybridized carbons (Fsp3) is 0.286. The van der Waals surface area contributed by atoms with Crippen molar-refractivity contribution < 1.29 is 0 Å². The molecule has 0 saturated heterocycles.